The summed E-state index contributed by atoms with van der Waals surface area (Å²) in [6.45, 7) is 1.63. The summed E-state index contributed by atoms with van der Waals surface area (Å²) in [5.41, 5.74) is 0. The topological polar surface area (TPSA) is 113 Å². The summed E-state index contributed by atoms with van der Waals surface area (Å²) in [6.07, 6.45) is -4.19. The van der Waals surface area contributed by atoms with E-state index < -0.39 is 52.9 Å². The molecule has 1 saturated heterocycles. The first kappa shape index (κ1) is 22.9. The first-order valence-electron chi connectivity index (χ1n) is 7.06. The molecule has 0 radical (unpaired) electrons. The summed E-state index contributed by atoms with van der Waals surface area (Å²) in [7, 11) is 0. The number of amides is 1. The van der Waals surface area contributed by atoms with E-state index in [-0.39, 0.29) is 6.61 Å². The average Bonchev–Trinajstić information content (AvgIpc) is 2.49. The van der Waals surface area contributed by atoms with Gasteiger partial charge in [0.05, 0.1) is 11.8 Å². The van der Waals surface area contributed by atoms with Crippen LogP contribution in [0.2, 0.25) is 0 Å². The first-order chi connectivity index (χ1) is 12.0. The van der Waals surface area contributed by atoms with E-state index in [2.05, 4.69) is 27.7 Å². The quantitative estimate of drug-likeness (QED) is 0.222. The van der Waals surface area contributed by atoms with Crippen LogP contribution in [0.1, 0.15) is 13.8 Å². The molecule has 1 fully saturated rings. The molecule has 1 amide bonds. The second kappa shape index (κ2) is 10.2. The number of alkyl carbamates (subject to hydrolysis) is 1. The van der Waals surface area contributed by atoms with Crippen molar-refractivity contribution >= 4 is 70.2 Å². The van der Waals surface area contributed by atoms with Crippen molar-refractivity contribution in [3.63, 3.8) is 0 Å². The van der Waals surface area contributed by atoms with Crippen LogP contribution in [0.3, 0.4) is 0 Å². The van der Waals surface area contributed by atoms with E-state index in [0.29, 0.717) is 0 Å². The van der Waals surface area contributed by atoms with Crippen molar-refractivity contribution in [2.75, 3.05) is 13.2 Å². The molecule has 0 unspecified atom stereocenters. The molecule has 0 bridgehead atoms. The largest absolute Gasteiger partial charge is 0.456 e. The Kier molecular flexibility index (Phi) is 9.02. The maximum absolute atomic E-state index is 12.0. The highest BCUT2D eigenvalue weighted by Crippen LogP contribution is 2.26. The average molecular weight is 450 g/mol. The number of alkyl halides is 3. The summed E-state index contributed by atoms with van der Waals surface area (Å²) in [6, 6.07) is -1.10. The Morgan fingerprint density at radius 2 is 1.88 bits per heavy atom. The molecule has 0 saturated carbocycles. The molecule has 1 aliphatic rings. The molecule has 1 rings (SSSR count). The van der Waals surface area contributed by atoms with E-state index in [4.69, 9.17) is 53.8 Å². The molecule has 146 valence electrons. The first-order valence-corrected chi connectivity index (χ1v) is 8.60. The van der Waals surface area contributed by atoms with Gasteiger partial charge >= 0.3 is 18.0 Å². The molecule has 0 aromatic carbocycles. The lowest BCUT2D eigenvalue weighted by molar-refractivity contribution is -0.192. The summed E-state index contributed by atoms with van der Waals surface area (Å²) >= 11 is 21.1. The van der Waals surface area contributed by atoms with E-state index >= 15 is 0 Å². The number of nitrogens with one attached hydrogen (secondary N) is 1. The Morgan fingerprint density at radius 1 is 1.27 bits per heavy atom. The zero-order chi connectivity index (χ0) is 19.9. The monoisotopic (exact) mass is 448 g/mol. The van der Waals surface area contributed by atoms with Crippen LogP contribution in [0.25, 0.3) is 0 Å². The summed E-state index contributed by atoms with van der Waals surface area (Å²) in [5.74, 6) is -1.31. The van der Waals surface area contributed by atoms with Gasteiger partial charge in [-0.3, -0.25) is 9.59 Å². The van der Waals surface area contributed by atoms with Gasteiger partial charge in [0.2, 0.25) is 3.79 Å². The lowest BCUT2D eigenvalue weighted by Crippen LogP contribution is -2.62. The van der Waals surface area contributed by atoms with Gasteiger partial charge < -0.3 is 24.3 Å². The van der Waals surface area contributed by atoms with Crippen molar-refractivity contribution in [2.45, 2.75) is 42.1 Å². The molecule has 0 aliphatic carbocycles. The highest BCUT2D eigenvalue weighted by Gasteiger charge is 2.46. The normalized spacial score (nSPS) is 25.4. The van der Waals surface area contributed by atoms with Crippen molar-refractivity contribution in [1.82, 2.24) is 5.32 Å². The summed E-state index contributed by atoms with van der Waals surface area (Å²) < 4.78 is 18.6. The minimum Gasteiger partial charge on any atom is -0.456 e. The number of nitrogens with zero attached hydrogens (tertiary/aromatic N) is 1. The fourth-order valence-electron chi connectivity index (χ4n) is 2.09. The molecule has 0 spiro atoms. The van der Waals surface area contributed by atoms with Crippen molar-refractivity contribution in [1.29, 1.82) is 0 Å². The number of esters is 2. The van der Waals surface area contributed by atoms with Crippen LogP contribution < -0.4 is 5.32 Å². The van der Waals surface area contributed by atoms with Crippen LogP contribution >= 0.6 is 47.0 Å². The van der Waals surface area contributed by atoms with Crippen molar-refractivity contribution in [3.05, 3.63) is 0 Å². The van der Waals surface area contributed by atoms with Crippen LogP contribution in [0, 0.1) is 0 Å². The lowest BCUT2D eigenvalue weighted by Gasteiger charge is -2.39. The Labute approximate surface area is 169 Å². The molecular formula is C13H15Cl3N2O7S. The number of halogens is 3. The van der Waals surface area contributed by atoms with Gasteiger partial charge in [-0.1, -0.05) is 34.8 Å². The second-order valence-electron chi connectivity index (χ2n) is 5.03. The van der Waals surface area contributed by atoms with Gasteiger partial charge in [-0.15, -0.1) is 0 Å². The van der Waals surface area contributed by atoms with Crippen molar-refractivity contribution in [2.24, 2.45) is 4.99 Å². The molecule has 13 heteroatoms. The van der Waals surface area contributed by atoms with Crippen LogP contribution in [0.4, 0.5) is 4.79 Å². The van der Waals surface area contributed by atoms with Gasteiger partial charge in [-0.05, 0) is 12.2 Å². The maximum atomic E-state index is 12.0. The highest BCUT2D eigenvalue weighted by atomic mass is 35.6. The third-order valence-corrected chi connectivity index (χ3v) is 3.34. The van der Waals surface area contributed by atoms with E-state index in [1.54, 1.807) is 0 Å². The lowest BCUT2D eigenvalue weighted by atomic mass is 10.0. The Bertz CT molecular complexity index is 595. The van der Waals surface area contributed by atoms with Gasteiger partial charge in [0.25, 0.3) is 0 Å². The number of aliphatic imine (C=N–C) groups is 1. The minimum absolute atomic E-state index is 0.149. The fraction of sp³-hybridized carbons (Fsp3) is 0.692. The number of hydrogen-bond acceptors (Lipinski definition) is 9. The molecule has 0 aromatic heterocycles. The van der Waals surface area contributed by atoms with E-state index in [1.807, 2.05) is 0 Å². The standard InChI is InChI=1S/C13H15Cl3N2O7S/c1-6(19)24-8-3-22-11(17-5-26)9(10(8)25-7(2)20)18-12(21)23-4-13(14,15)16/h8-11H,3-4H2,1-2H3,(H,18,21)/t8-,9-,10+,11-/m1/s1. The fourth-order valence-corrected chi connectivity index (χ4v) is 2.36. The number of carbonyl (C=O) groups excluding carboxylic acids is 3. The molecule has 0 aromatic rings. The van der Waals surface area contributed by atoms with Crippen LogP contribution in [0.5, 0.6) is 0 Å². The van der Waals surface area contributed by atoms with Gasteiger partial charge in [-0.25, -0.2) is 4.79 Å². The van der Waals surface area contributed by atoms with Gasteiger partial charge in [0.1, 0.15) is 12.6 Å². The number of hydrogen-bond donors (Lipinski definition) is 1. The highest BCUT2D eigenvalue weighted by molar-refractivity contribution is 7.78. The van der Waals surface area contributed by atoms with E-state index in [1.165, 1.54) is 6.92 Å². The molecular weight excluding hydrogens is 435 g/mol. The zero-order valence-corrected chi connectivity index (χ0v) is 16.7. The smallest absolute Gasteiger partial charge is 0.407 e. The predicted molar refractivity (Wildman–Crippen MR) is 94.4 cm³/mol. The SMILES string of the molecule is CC(=O)O[C@@H]1[C@@H](NC(=O)OCC(Cl)(Cl)Cl)[C@H](N=C=S)OC[C@H]1OC(C)=O. The Morgan fingerprint density at radius 3 is 2.38 bits per heavy atom. The molecule has 4 atom stereocenters. The molecule has 9 nitrogen and oxygen atoms in total. The van der Waals surface area contributed by atoms with E-state index in [9.17, 15) is 14.4 Å². The van der Waals surface area contributed by atoms with Crippen LogP contribution in [0.15, 0.2) is 4.99 Å². The maximum Gasteiger partial charge on any atom is 0.407 e. The Balaban J connectivity index is 3.00. The number of ether oxygens (including phenoxy) is 4. The third kappa shape index (κ3) is 8.03. The third-order valence-electron chi connectivity index (χ3n) is 2.91. The molecule has 26 heavy (non-hydrogen) atoms. The number of thiocarbonyl (C=S) groups is 1. The summed E-state index contributed by atoms with van der Waals surface area (Å²) in [4.78, 5) is 38.4. The molecule has 1 heterocycles. The Hall–Kier alpha value is -1.16. The minimum atomic E-state index is -1.82. The molecule has 1 aliphatic heterocycles. The predicted octanol–water partition coefficient (Wildman–Crippen LogP) is 1.77. The van der Waals surface area contributed by atoms with Crippen LogP contribution in [-0.2, 0) is 28.5 Å². The van der Waals surface area contributed by atoms with Gasteiger partial charge in [0.15, 0.2) is 18.4 Å². The van der Waals surface area contributed by atoms with Gasteiger partial charge in [-0.2, -0.15) is 4.99 Å². The van der Waals surface area contributed by atoms with Crippen molar-refractivity contribution in [3.8, 4) is 0 Å². The molecule has 1 N–H and O–H groups in total. The summed E-state index contributed by atoms with van der Waals surface area (Å²) in [5, 5.41) is 4.48. The number of carbonyl (C=O) groups is 3. The van der Waals surface area contributed by atoms with Crippen molar-refractivity contribution < 1.29 is 33.3 Å². The van der Waals surface area contributed by atoms with E-state index in [0.717, 1.165) is 6.92 Å². The second-order valence-corrected chi connectivity index (χ2v) is 7.73. The number of rotatable bonds is 5. The number of isothiocyanates is 1. The van der Waals surface area contributed by atoms with Crippen LogP contribution in [-0.4, -0.2) is 64.7 Å². The zero-order valence-electron chi connectivity index (χ0n) is 13.6. The van der Waals surface area contributed by atoms with Gasteiger partial charge in [0, 0.05) is 13.8 Å².